The van der Waals surface area contributed by atoms with Crippen molar-refractivity contribution in [3.05, 3.63) is 76.3 Å². The van der Waals surface area contributed by atoms with Crippen molar-refractivity contribution in [2.45, 2.75) is 37.7 Å². The average molecular weight is 411 g/mol. The van der Waals surface area contributed by atoms with Crippen LogP contribution in [0.1, 0.15) is 38.5 Å². The van der Waals surface area contributed by atoms with Crippen LogP contribution in [0.2, 0.25) is 0 Å². The fourth-order valence-electron chi connectivity index (χ4n) is 2.93. The van der Waals surface area contributed by atoms with E-state index >= 15 is 0 Å². The minimum Gasteiger partial charge on any atom is -0.361 e. The molecule has 6 nitrogen and oxygen atoms in total. The third-order valence-electron chi connectivity index (χ3n) is 4.53. The van der Waals surface area contributed by atoms with Gasteiger partial charge in [-0.1, -0.05) is 29.4 Å². The highest BCUT2D eigenvalue weighted by Gasteiger charge is 2.15. The topological polar surface area (TPSA) is 71.3 Å². The Labute approximate surface area is 175 Å². The molecule has 152 valence electrons. The SMILES string of the molecule is Cc1noc(C)c1CSc1ncccc1C(=O)NCc1ccc(CN(C)C)cc1. The Morgan fingerprint density at radius 3 is 2.52 bits per heavy atom. The fourth-order valence-corrected chi connectivity index (χ4v) is 4.08. The molecule has 0 radical (unpaired) electrons. The molecule has 7 heteroatoms. The molecular weight excluding hydrogens is 384 g/mol. The summed E-state index contributed by atoms with van der Waals surface area (Å²) in [7, 11) is 4.09. The van der Waals surface area contributed by atoms with Gasteiger partial charge < -0.3 is 14.7 Å². The largest absolute Gasteiger partial charge is 0.361 e. The summed E-state index contributed by atoms with van der Waals surface area (Å²) < 4.78 is 5.21. The number of aromatic nitrogens is 2. The van der Waals surface area contributed by atoms with Crippen LogP contribution in [-0.4, -0.2) is 35.0 Å². The Balaban J connectivity index is 1.62. The summed E-state index contributed by atoms with van der Waals surface area (Å²) in [4.78, 5) is 19.3. The first-order valence-electron chi connectivity index (χ1n) is 9.44. The first-order valence-corrected chi connectivity index (χ1v) is 10.4. The smallest absolute Gasteiger partial charge is 0.254 e. The molecule has 1 amide bonds. The third kappa shape index (κ3) is 5.68. The van der Waals surface area contributed by atoms with E-state index in [1.807, 2.05) is 27.9 Å². The summed E-state index contributed by atoms with van der Waals surface area (Å²) in [6.07, 6.45) is 1.70. The van der Waals surface area contributed by atoms with Gasteiger partial charge in [0.25, 0.3) is 5.91 Å². The number of hydrogen-bond acceptors (Lipinski definition) is 6. The normalized spacial score (nSPS) is 11.1. The zero-order valence-electron chi connectivity index (χ0n) is 17.2. The van der Waals surface area contributed by atoms with Crippen molar-refractivity contribution < 1.29 is 9.32 Å². The lowest BCUT2D eigenvalue weighted by Crippen LogP contribution is -2.23. The van der Waals surface area contributed by atoms with Crippen LogP contribution in [0.3, 0.4) is 0 Å². The van der Waals surface area contributed by atoms with Crippen molar-refractivity contribution in [2.75, 3.05) is 14.1 Å². The molecule has 1 aromatic carbocycles. The van der Waals surface area contributed by atoms with Crippen molar-refractivity contribution in [3.63, 3.8) is 0 Å². The van der Waals surface area contributed by atoms with E-state index in [1.165, 1.54) is 17.3 Å². The van der Waals surface area contributed by atoms with Gasteiger partial charge in [-0.3, -0.25) is 4.79 Å². The Hall–Kier alpha value is -2.64. The molecule has 0 fully saturated rings. The second-order valence-electron chi connectivity index (χ2n) is 7.18. The van der Waals surface area contributed by atoms with Gasteiger partial charge in [0.15, 0.2) is 0 Å². The molecule has 0 saturated heterocycles. The predicted molar refractivity (Wildman–Crippen MR) is 115 cm³/mol. The number of hydrogen-bond donors (Lipinski definition) is 1. The van der Waals surface area contributed by atoms with E-state index in [-0.39, 0.29) is 5.91 Å². The van der Waals surface area contributed by atoms with E-state index in [2.05, 4.69) is 44.6 Å². The maximum absolute atomic E-state index is 12.7. The Bertz CT molecular complexity index is 948. The summed E-state index contributed by atoms with van der Waals surface area (Å²) in [5, 5.41) is 7.68. The first-order chi connectivity index (χ1) is 13.9. The number of pyridine rings is 1. The van der Waals surface area contributed by atoms with Gasteiger partial charge in [0.2, 0.25) is 0 Å². The second kappa shape index (κ2) is 9.71. The van der Waals surface area contributed by atoms with Crippen LogP contribution in [0.5, 0.6) is 0 Å². The Kier molecular flexibility index (Phi) is 7.06. The van der Waals surface area contributed by atoms with Crippen molar-refractivity contribution in [2.24, 2.45) is 0 Å². The van der Waals surface area contributed by atoms with Crippen molar-refractivity contribution in [3.8, 4) is 0 Å². The fraction of sp³-hybridized carbons (Fsp3) is 0.318. The summed E-state index contributed by atoms with van der Waals surface area (Å²) in [6.45, 7) is 5.19. The van der Waals surface area contributed by atoms with Crippen LogP contribution in [0, 0.1) is 13.8 Å². The summed E-state index contributed by atoms with van der Waals surface area (Å²) in [6, 6.07) is 11.9. The van der Waals surface area contributed by atoms with Gasteiger partial charge >= 0.3 is 0 Å². The lowest BCUT2D eigenvalue weighted by atomic mass is 10.1. The molecule has 1 N–H and O–H groups in total. The second-order valence-corrected chi connectivity index (χ2v) is 8.15. The Morgan fingerprint density at radius 2 is 1.86 bits per heavy atom. The molecular formula is C22H26N4O2S. The molecule has 0 aliphatic heterocycles. The molecule has 0 unspecified atom stereocenters. The first kappa shape index (κ1) is 21.1. The third-order valence-corrected chi connectivity index (χ3v) is 5.56. The summed E-state index contributed by atoms with van der Waals surface area (Å²) >= 11 is 1.51. The highest BCUT2D eigenvalue weighted by molar-refractivity contribution is 7.98. The molecule has 0 saturated carbocycles. The number of amides is 1. The van der Waals surface area contributed by atoms with Crippen LogP contribution in [0.25, 0.3) is 0 Å². The maximum Gasteiger partial charge on any atom is 0.254 e. The molecule has 2 heterocycles. The van der Waals surface area contributed by atoms with Crippen LogP contribution in [0.15, 0.2) is 52.1 Å². The molecule has 0 atom stereocenters. The highest BCUT2D eigenvalue weighted by atomic mass is 32.2. The van der Waals surface area contributed by atoms with Crippen LogP contribution >= 0.6 is 11.8 Å². The summed E-state index contributed by atoms with van der Waals surface area (Å²) in [5.41, 5.74) is 4.80. The van der Waals surface area contributed by atoms with Gasteiger partial charge in [0, 0.05) is 30.6 Å². The number of rotatable bonds is 8. The monoisotopic (exact) mass is 410 g/mol. The highest BCUT2D eigenvalue weighted by Crippen LogP contribution is 2.27. The maximum atomic E-state index is 12.7. The quantitative estimate of drug-likeness (QED) is 0.567. The van der Waals surface area contributed by atoms with E-state index < -0.39 is 0 Å². The van der Waals surface area contributed by atoms with Crippen LogP contribution in [0.4, 0.5) is 0 Å². The molecule has 0 aliphatic rings. The van der Waals surface area contributed by atoms with Gasteiger partial charge in [-0.2, -0.15) is 0 Å². The van der Waals surface area contributed by atoms with E-state index in [0.717, 1.165) is 29.1 Å². The average Bonchev–Trinajstić information content (AvgIpc) is 3.03. The van der Waals surface area contributed by atoms with Crippen molar-refractivity contribution >= 4 is 17.7 Å². The number of carbonyl (C=O) groups excluding carboxylic acids is 1. The van der Waals surface area contributed by atoms with Crippen LogP contribution in [-0.2, 0) is 18.8 Å². The lowest BCUT2D eigenvalue weighted by molar-refractivity contribution is 0.0947. The van der Waals surface area contributed by atoms with Gasteiger partial charge in [-0.05, 0) is 51.2 Å². The number of nitrogens with one attached hydrogen (secondary N) is 1. The lowest BCUT2D eigenvalue weighted by Gasteiger charge is -2.11. The van der Waals surface area contributed by atoms with Gasteiger partial charge in [-0.25, -0.2) is 4.98 Å². The zero-order chi connectivity index (χ0) is 20.8. The number of carbonyl (C=O) groups is 1. The standard InChI is InChI=1S/C22H26N4O2S/c1-15-20(16(2)28-25-15)14-29-22-19(6-5-11-23-22)21(27)24-12-17-7-9-18(10-8-17)13-26(3)4/h5-11H,12-14H2,1-4H3,(H,24,27). The molecule has 0 spiro atoms. The minimum absolute atomic E-state index is 0.128. The van der Waals surface area contributed by atoms with Crippen LogP contribution < -0.4 is 5.32 Å². The molecule has 3 aromatic rings. The minimum atomic E-state index is -0.128. The van der Waals surface area contributed by atoms with E-state index in [1.54, 1.807) is 18.3 Å². The molecule has 0 aliphatic carbocycles. The zero-order valence-corrected chi connectivity index (χ0v) is 18.0. The molecule has 29 heavy (non-hydrogen) atoms. The van der Waals surface area contributed by atoms with E-state index in [0.29, 0.717) is 22.9 Å². The van der Waals surface area contributed by atoms with E-state index in [4.69, 9.17) is 4.52 Å². The molecule has 0 bridgehead atoms. The Morgan fingerprint density at radius 1 is 1.14 bits per heavy atom. The molecule has 2 aromatic heterocycles. The van der Waals surface area contributed by atoms with Gasteiger partial charge in [0.05, 0.1) is 11.3 Å². The van der Waals surface area contributed by atoms with Gasteiger partial charge in [0.1, 0.15) is 10.8 Å². The number of nitrogens with zero attached hydrogens (tertiary/aromatic N) is 3. The number of thioether (sulfide) groups is 1. The predicted octanol–water partition coefficient (Wildman–Crippen LogP) is 3.97. The van der Waals surface area contributed by atoms with Crippen molar-refractivity contribution in [1.82, 2.24) is 20.4 Å². The van der Waals surface area contributed by atoms with Gasteiger partial charge in [-0.15, -0.1) is 11.8 Å². The number of aryl methyl sites for hydroxylation is 2. The number of benzene rings is 1. The summed E-state index contributed by atoms with van der Waals surface area (Å²) in [5.74, 6) is 1.33. The molecule has 3 rings (SSSR count). The van der Waals surface area contributed by atoms with E-state index in [9.17, 15) is 4.79 Å². The van der Waals surface area contributed by atoms with Crippen molar-refractivity contribution in [1.29, 1.82) is 0 Å².